The molecule has 2 heterocycles. The van der Waals surface area contributed by atoms with Crippen LogP contribution >= 0.6 is 0 Å². The zero-order valence-electron chi connectivity index (χ0n) is 12.1. The Morgan fingerprint density at radius 2 is 1.90 bits per heavy atom. The molecular formula is C16H19N5. The summed E-state index contributed by atoms with van der Waals surface area (Å²) >= 11 is 0. The van der Waals surface area contributed by atoms with Crippen LogP contribution < -0.4 is 10.6 Å². The minimum Gasteiger partial charge on any atom is -0.385 e. The molecule has 0 aliphatic rings. The summed E-state index contributed by atoms with van der Waals surface area (Å²) < 4.78 is 0. The smallest absolute Gasteiger partial charge is 0.179 e. The molecule has 0 saturated heterocycles. The lowest BCUT2D eigenvalue weighted by Gasteiger charge is -2.04. The van der Waals surface area contributed by atoms with Gasteiger partial charge >= 0.3 is 0 Å². The van der Waals surface area contributed by atoms with Gasteiger partial charge < -0.3 is 15.6 Å². The molecule has 0 unspecified atom stereocenters. The molecule has 0 aliphatic heterocycles. The number of para-hydroxylation sites is 1. The Bertz CT molecular complexity index is 705. The van der Waals surface area contributed by atoms with Gasteiger partial charge in [-0.25, -0.2) is 9.97 Å². The quantitative estimate of drug-likeness (QED) is 0.608. The lowest BCUT2D eigenvalue weighted by molar-refractivity contribution is 0.819. The molecule has 0 radical (unpaired) electrons. The second-order valence-electron chi connectivity index (χ2n) is 4.90. The van der Waals surface area contributed by atoms with E-state index >= 15 is 0 Å². The second kappa shape index (κ2) is 6.26. The number of pyridine rings is 1. The SMILES string of the molecule is CNc1ccc2[nH]c(CCCNc3ccccc3)nc2n1. The summed E-state index contributed by atoms with van der Waals surface area (Å²) in [6, 6.07) is 14.2. The van der Waals surface area contributed by atoms with E-state index in [1.54, 1.807) is 0 Å². The summed E-state index contributed by atoms with van der Waals surface area (Å²) in [6.45, 7) is 0.927. The monoisotopic (exact) mass is 281 g/mol. The van der Waals surface area contributed by atoms with Crippen molar-refractivity contribution >= 4 is 22.7 Å². The summed E-state index contributed by atoms with van der Waals surface area (Å²) in [4.78, 5) is 12.3. The molecule has 3 N–H and O–H groups in total. The van der Waals surface area contributed by atoms with Gasteiger partial charge in [-0.15, -0.1) is 0 Å². The number of rotatable bonds is 6. The molecule has 108 valence electrons. The van der Waals surface area contributed by atoms with Gasteiger partial charge in [0.1, 0.15) is 11.6 Å². The maximum absolute atomic E-state index is 4.53. The highest BCUT2D eigenvalue weighted by Gasteiger charge is 2.04. The summed E-state index contributed by atoms with van der Waals surface area (Å²) in [5, 5.41) is 6.42. The number of nitrogens with one attached hydrogen (secondary N) is 3. The van der Waals surface area contributed by atoms with Crippen LogP contribution in [0.4, 0.5) is 11.5 Å². The number of aromatic nitrogens is 3. The van der Waals surface area contributed by atoms with Crippen molar-refractivity contribution in [1.29, 1.82) is 0 Å². The number of benzene rings is 1. The Kier molecular flexibility index (Phi) is 4.00. The first-order valence-electron chi connectivity index (χ1n) is 7.17. The summed E-state index contributed by atoms with van der Waals surface area (Å²) in [5.74, 6) is 1.83. The minimum absolute atomic E-state index is 0.771. The van der Waals surface area contributed by atoms with Gasteiger partial charge in [-0.2, -0.15) is 0 Å². The fourth-order valence-electron chi connectivity index (χ4n) is 2.24. The van der Waals surface area contributed by atoms with Crippen LogP contribution in [-0.2, 0) is 6.42 Å². The van der Waals surface area contributed by atoms with E-state index in [2.05, 4.69) is 37.7 Å². The Morgan fingerprint density at radius 1 is 1.05 bits per heavy atom. The molecule has 0 bridgehead atoms. The average Bonchev–Trinajstić information content (AvgIpc) is 2.94. The van der Waals surface area contributed by atoms with Crippen molar-refractivity contribution in [1.82, 2.24) is 15.0 Å². The van der Waals surface area contributed by atoms with Gasteiger partial charge in [-0.05, 0) is 30.7 Å². The number of aryl methyl sites for hydroxylation is 1. The van der Waals surface area contributed by atoms with Crippen molar-refractivity contribution in [3.8, 4) is 0 Å². The molecule has 0 atom stereocenters. The highest BCUT2D eigenvalue weighted by Crippen LogP contribution is 2.13. The molecule has 1 aromatic carbocycles. The fourth-order valence-corrected chi connectivity index (χ4v) is 2.24. The minimum atomic E-state index is 0.771. The maximum Gasteiger partial charge on any atom is 0.179 e. The van der Waals surface area contributed by atoms with Crippen LogP contribution in [0.5, 0.6) is 0 Å². The number of aromatic amines is 1. The van der Waals surface area contributed by atoms with E-state index in [0.29, 0.717) is 0 Å². The van der Waals surface area contributed by atoms with E-state index in [1.807, 2.05) is 37.4 Å². The molecule has 0 spiro atoms. The largest absolute Gasteiger partial charge is 0.385 e. The topological polar surface area (TPSA) is 65.6 Å². The van der Waals surface area contributed by atoms with Gasteiger partial charge in [0.2, 0.25) is 0 Å². The molecule has 5 heteroatoms. The lowest BCUT2D eigenvalue weighted by atomic mass is 10.2. The molecule has 0 amide bonds. The third-order valence-corrected chi connectivity index (χ3v) is 3.34. The van der Waals surface area contributed by atoms with Crippen LogP contribution in [0.25, 0.3) is 11.2 Å². The molecule has 3 aromatic rings. The van der Waals surface area contributed by atoms with Crippen molar-refractivity contribution in [3.63, 3.8) is 0 Å². The van der Waals surface area contributed by atoms with E-state index in [4.69, 9.17) is 0 Å². The summed E-state index contributed by atoms with van der Waals surface area (Å²) in [6.07, 6.45) is 1.93. The normalized spacial score (nSPS) is 10.7. The van der Waals surface area contributed by atoms with Crippen LogP contribution in [0.15, 0.2) is 42.5 Å². The van der Waals surface area contributed by atoms with Gasteiger partial charge in [0.15, 0.2) is 5.65 Å². The van der Waals surface area contributed by atoms with Crippen molar-refractivity contribution in [2.24, 2.45) is 0 Å². The Hall–Kier alpha value is -2.56. The molecule has 0 fully saturated rings. The first-order chi connectivity index (χ1) is 10.3. The standard InChI is InChI=1S/C16H19N5/c1-17-14-10-9-13-16(20-14)21-15(19-13)8-5-11-18-12-6-3-2-4-7-12/h2-4,6-7,9-10,18H,5,8,11H2,1H3,(H2,17,19,20,21). The van der Waals surface area contributed by atoms with Crippen LogP contribution in [-0.4, -0.2) is 28.5 Å². The third-order valence-electron chi connectivity index (χ3n) is 3.34. The Morgan fingerprint density at radius 3 is 2.71 bits per heavy atom. The van der Waals surface area contributed by atoms with Crippen molar-refractivity contribution in [2.45, 2.75) is 12.8 Å². The number of H-pyrrole nitrogens is 1. The molecule has 0 saturated carbocycles. The van der Waals surface area contributed by atoms with E-state index in [0.717, 1.165) is 47.9 Å². The number of nitrogens with zero attached hydrogens (tertiary/aromatic N) is 2. The Balaban J connectivity index is 1.55. The van der Waals surface area contributed by atoms with Crippen LogP contribution in [0, 0.1) is 0 Å². The first-order valence-corrected chi connectivity index (χ1v) is 7.17. The van der Waals surface area contributed by atoms with E-state index in [1.165, 1.54) is 0 Å². The number of imidazole rings is 1. The van der Waals surface area contributed by atoms with E-state index in [-0.39, 0.29) is 0 Å². The van der Waals surface area contributed by atoms with Crippen molar-refractivity contribution < 1.29 is 0 Å². The molecule has 21 heavy (non-hydrogen) atoms. The van der Waals surface area contributed by atoms with Gasteiger partial charge in [-0.1, -0.05) is 18.2 Å². The highest BCUT2D eigenvalue weighted by atomic mass is 15.0. The number of fused-ring (bicyclic) bond motifs is 1. The van der Waals surface area contributed by atoms with E-state index < -0.39 is 0 Å². The fraction of sp³-hybridized carbons (Fsp3) is 0.250. The highest BCUT2D eigenvalue weighted by molar-refractivity contribution is 5.72. The van der Waals surface area contributed by atoms with Gasteiger partial charge in [0.25, 0.3) is 0 Å². The number of hydrogen-bond acceptors (Lipinski definition) is 4. The van der Waals surface area contributed by atoms with Gasteiger partial charge in [-0.3, -0.25) is 0 Å². The Labute approximate surface area is 123 Å². The van der Waals surface area contributed by atoms with Crippen molar-refractivity contribution in [3.05, 3.63) is 48.3 Å². The van der Waals surface area contributed by atoms with Crippen LogP contribution in [0.1, 0.15) is 12.2 Å². The maximum atomic E-state index is 4.53. The first kappa shape index (κ1) is 13.4. The molecular weight excluding hydrogens is 262 g/mol. The molecule has 5 nitrogen and oxygen atoms in total. The predicted molar refractivity (Wildman–Crippen MR) is 86.7 cm³/mol. The van der Waals surface area contributed by atoms with Gasteiger partial charge in [0.05, 0.1) is 5.52 Å². The van der Waals surface area contributed by atoms with Crippen molar-refractivity contribution in [2.75, 3.05) is 24.2 Å². The lowest BCUT2D eigenvalue weighted by Crippen LogP contribution is -2.03. The van der Waals surface area contributed by atoms with E-state index in [9.17, 15) is 0 Å². The zero-order chi connectivity index (χ0) is 14.5. The average molecular weight is 281 g/mol. The predicted octanol–water partition coefficient (Wildman–Crippen LogP) is 3.04. The number of hydrogen-bond donors (Lipinski definition) is 3. The molecule has 0 aliphatic carbocycles. The number of anilines is 2. The zero-order valence-corrected chi connectivity index (χ0v) is 12.1. The third kappa shape index (κ3) is 3.31. The summed E-state index contributed by atoms with van der Waals surface area (Å²) in [5.41, 5.74) is 2.91. The molecule has 3 rings (SSSR count). The second-order valence-corrected chi connectivity index (χ2v) is 4.90. The van der Waals surface area contributed by atoms with Crippen LogP contribution in [0.2, 0.25) is 0 Å². The molecule has 2 aromatic heterocycles. The van der Waals surface area contributed by atoms with Crippen LogP contribution in [0.3, 0.4) is 0 Å². The van der Waals surface area contributed by atoms with Gasteiger partial charge in [0, 0.05) is 25.7 Å². The summed E-state index contributed by atoms with van der Waals surface area (Å²) in [7, 11) is 1.86.